The van der Waals surface area contributed by atoms with E-state index in [0.29, 0.717) is 25.9 Å². The van der Waals surface area contributed by atoms with Crippen LogP contribution in [0.5, 0.6) is 0 Å². The molecule has 0 aliphatic carbocycles. The van der Waals surface area contributed by atoms with Gasteiger partial charge in [-0.25, -0.2) is 18.1 Å². The maximum Gasteiger partial charge on any atom is 0.259 e. The minimum Gasteiger partial charge on any atom is -0.393 e. The van der Waals surface area contributed by atoms with Crippen molar-refractivity contribution < 1.29 is 13.5 Å². The molecule has 0 amide bonds. The van der Waals surface area contributed by atoms with E-state index in [9.17, 15) is 8.42 Å². The topological polar surface area (TPSA) is 84.2 Å². The number of imidazole rings is 1. The molecule has 0 bridgehead atoms. The van der Waals surface area contributed by atoms with E-state index < -0.39 is 16.1 Å². The van der Waals surface area contributed by atoms with E-state index in [1.54, 1.807) is 11.5 Å². The summed E-state index contributed by atoms with van der Waals surface area (Å²) in [7, 11) is -3.51. The van der Waals surface area contributed by atoms with Gasteiger partial charge in [0.05, 0.1) is 12.4 Å². The summed E-state index contributed by atoms with van der Waals surface area (Å²) < 4.78 is 27.7. The second-order valence-electron chi connectivity index (χ2n) is 3.93. The Labute approximate surface area is 102 Å². The predicted molar refractivity (Wildman–Crippen MR) is 64.0 cm³/mol. The van der Waals surface area contributed by atoms with Crippen molar-refractivity contribution in [1.82, 2.24) is 14.3 Å². The molecule has 0 saturated carbocycles. The highest BCUT2D eigenvalue weighted by Gasteiger charge is 2.16. The Morgan fingerprint density at radius 3 is 2.82 bits per heavy atom. The first-order chi connectivity index (χ1) is 7.95. The molecule has 0 radical (unpaired) electrons. The summed E-state index contributed by atoms with van der Waals surface area (Å²) >= 11 is 0. The first-order valence-corrected chi connectivity index (χ1v) is 7.13. The van der Waals surface area contributed by atoms with Gasteiger partial charge in [-0.3, -0.25) is 0 Å². The Hall–Kier alpha value is -0.920. The standard InChI is InChI=1S/C10H19N3O3S/c1-3-13-7-10(11-8-13)17(15,16)12-6-4-5-9(2)14/h7-9,12,14H,3-6H2,1-2H3. The molecule has 1 aromatic heterocycles. The van der Waals surface area contributed by atoms with Gasteiger partial charge in [-0.05, 0) is 26.7 Å². The van der Waals surface area contributed by atoms with E-state index >= 15 is 0 Å². The first-order valence-electron chi connectivity index (χ1n) is 5.65. The van der Waals surface area contributed by atoms with Gasteiger partial charge in [0.2, 0.25) is 0 Å². The van der Waals surface area contributed by atoms with E-state index in [-0.39, 0.29) is 5.03 Å². The Morgan fingerprint density at radius 1 is 1.59 bits per heavy atom. The molecule has 98 valence electrons. The van der Waals surface area contributed by atoms with E-state index in [1.165, 1.54) is 12.5 Å². The Kier molecular flexibility index (Phi) is 5.10. The largest absolute Gasteiger partial charge is 0.393 e. The molecular weight excluding hydrogens is 242 g/mol. The molecule has 1 unspecified atom stereocenters. The normalized spacial score (nSPS) is 13.8. The highest BCUT2D eigenvalue weighted by molar-refractivity contribution is 7.89. The monoisotopic (exact) mass is 261 g/mol. The number of aliphatic hydroxyl groups is 1. The van der Waals surface area contributed by atoms with E-state index in [4.69, 9.17) is 5.11 Å². The third kappa shape index (κ3) is 4.45. The van der Waals surface area contributed by atoms with Crippen molar-refractivity contribution in [2.45, 2.75) is 44.4 Å². The fourth-order valence-corrected chi connectivity index (χ4v) is 2.35. The summed E-state index contributed by atoms with van der Waals surface area (Å²) in [5, 5.41) is 9.08. The highest BCUT2D eigenvalue weighted by atomic mass is 32.2. The van der Waals surface area contributed by atoms with Crippen LogP contribution in [0.15, 0.2) is 17.6 Å². The fraction of sp³-hybridized carbons (Fsp3) is 0.700. The average molecular weight is 261 g/mol. The summed E-state index contributed by atoms with van der Waals surface area (Å²) in [5.41, 5.74) is 0. The Balaban J connectivity index is 2.51. The highest BCUT2D eigenvalue weighted by Crippen LogP contribution is 2.05. The zero-order valence-electron chi connectivity index (χ0n) is 10.1. The van der Waals surface area contributed by atoms with E-state index in [2.05, 4.69) is 9.71 Å². The van der Waals surface area contributed by atoms with E-state index in [0.717, 1.165) is 0 Å². The van der Waals surface area contributed by atoms with Crippen LogP contribution >= 0.6 is 0 Å². The molecule has 0 fully saturated rings. The Morgan fingerprint density at radius 2 is 2.29 bits per heavy atom. The van der Waals surface area contributed by atoms with Crippen LogP contribution in [-0.4, -0.2) is 35.7 Å². The van der Waals surface area contributed by atoms with Gasteiger partial charge in [-0.1, -0.05) is 0 Å². The summed E-state index contributed by atoms with van der Waals surface area (Å²) in [6.45, 7) is 4.59. The molecule has 17 heavy (non-hydrogen) atoms. The molecule has 0 saturated heterocycles. The van der Waals surface area contributed by atoms with Crippen LogP contribution in [0.3, 0.4) is 0 Å². The summed E-state index contributed by atoms with van der Waals surface area (Å²) in [6, 6.07) is 0. The summed E-state index contributed by atoms with van der Waals surface area (Å²) in [6.07, 6.45) is 3.76. The number of hydrogen-bond acceptors (Lipinski definition) is 4. The third-order valence-electron chi connectivity index (χ3n) is 2.34. The SMILES string of the molecule is CCn1cnc(S(=O)(=O)NCCCC(C)O)c1. The zero-order chi connectivity index (χ0) is 12.9. The van der Waals surface area contributed by atoms with Crippen LogP contribution in [0.2, 0.25) is 0 Å². The fourth-order valence-electron chi connectivity index (χ4n) is 1.33. The van der Waals surface area contributed by atoms with Gasteiger partial charge >= 0.3 is 0 Å². The van der Waals surface area contributed by atoms with Crippen LogP contribution in [0.4, 0.5) is 0 Å². The Bertz CT molecular complexity index is 439. The lowest BCUT2D eigenvalue weighted by molar-refractivity contribution is 0.182. The van der Waals surface area contributed by atoms with Gasteiger partial charge in [0.1, 0.15) is 0 Å². The van der Waals surface area contributed by atoms with Crippen LogP contribution in [-0.2, 0) is 16.6 Å². The quantitative estimate of drug-likeness (QED) is 0.693. The molecule has 1 atom stereocenters. The molecule has 1 heterocycles. The number of nitrogens with zero attached hydrogens (tertiary/aromatic N) is 2. The van der Waals surface area contributed by atoms with Crippen molar-refractivity contribution in [3.05, 3.63) is 12.5 Å². The van der Waals surface area contributed by atoms with Gasteiger partial charge < -0.3 is 9.67 Å². The average Bonchev–Trinajstić information content (AvgIpc) is 2.73. The van der Waals surface area contributed by atoms with Gasteiger partial charge in [-0.15, -0.1) is 0 Å². The molecule has 7 heteroatoms. The zero-order valence-corrected chi connectivity index (χ0v) is 10.9. The molecule has 0 aromatic carbocycles. The lowest BCUT2D eigenvalue weighted by Crippen LogP contribution is -2.25. The molecule has 0 aliphatic rings. The minimum absolute atomic E-state index is 0.0383. The molecule has 2 N–H and O–H groups in total. The molecule has 1 aromatic rings. The second-order valence-corrected chi connectivity index (χ2v) is 5.65. The van der Waals surface area contributed by atoms with Crippen molar-refractivity contribution in [2.75, 3.05) is 6.54 Å². The maximum absolute atomic E-state index is 11.8. The molecular formula is C10H19N3O3S. The lowest BCUT2D eigenvalue weighted by atomic mass is 10.2. The number of hydrogen-bond donors (Lipinski definition) is 2. The number of aryl methyl sites for hydroxylation is 1. The molecule has 0 spiro atoms. The second kappa shape index (κ2) is 6.13. The number of sulfonamides is 1. The van der Waals surface area contributed by atoms with Gasteiger partial charge in [0.25, 0.3) is 10.0 Å². The van der Waals surface area contributed by atoms with Crippen molar-refractivity contribution in [1.29, 1.82) is 0 Å². The van der Waals surface area contributed by atoms with Crippen LogP contribution in [0.25, 0.3) is 0 Å². The summed E-state index contributed by atoms with van der Waals surface area (Å²) in [5.74, 6) is 0. The predicted octanol–water partition coefficient (Wildman–Crippen LogP) is 0.342. The van der Waals surface area contributed by atoms with E-state index in [1.807, 2.05) is 6.92 Å². The maximum atomic E-state index is 11.8. The van der Waals surface area contributed by atoms with Crippen LogP contribution < -0.4 is 4.72 Å². The molecule has 0 aliphatic heterocycles. The molecule has 1 rings (SSSR count). The van der Waals surface area contributed by atoms with Crippen LogP contribution in [0.1, 0.15) is 26.7 Å². The van der Waals surface area contributed by atoms with Crippen molar-refractivity contribution in [3.63, 3.8) is 0 Å². The smallest absolute Gasteiger partial charge is 0.259 e. The number of aliphatic hydroxyl groups excluding tert-OH is 1. The number of nitrogens with one attached hydrogen (secondary N) is 1. The molecule has 6 nitrogen and oxygen atoms in total. The van der Waals surface area contributed by atoms with Gasteiger partial charge in [0, 0.05) is 19.3 Å². The van der Waals surface area contributed by atoms with Crippen molar-refractivity contribution in [2.24, 2.45) is 0 Å². The van der Waals surface area contributed by atoms with Gasteiger partial charge in [0.15, 0.2) is 5.03 Å². The summed E-state index contributed by atoms with van der Waals surface area (Å²) in [4.78, 5) is 3.84. The minimum atomic E-state index is -3.51. The number of aromatic nitrogens is 2. The first kappa shape index (κ1) is 14.1. The lowest BCUT2D eigenvalue weighted by Gasteiger charge is -2.05. The van der Waals surface area contributed by atoms with Gasteiger partial charge in [-0.2, -0.15) is 0 Å². The van der Waals surface area contributed by atoms with Crippen molar-refractivity contribution >= 4 is 10.0 Å². The van der Waals surface area contributed by atoms with Crippen LogP contribution in [0, 0.1) is 0 Å². The number of rotatable bonds is 7. The third-order valence-corrected chi connectivity index (χ3v) is 3.69. The van der Waals surface area contributed by atoms with Crippen molar-refractivity contribution in [3.8, 4) is 0 Å².